The van der Waals surface area contributed by atoms with E-state index >= 15 is 0 Å². The minimum atomic E-state index is -0.967. The van der Waals surface area contributed by atoms with E-state index in [1.165, 1.54) is 0 Å². The molecule has 4 N–H and O–H groups in total. The third-order valence-corrected chi connectivity index (χ3v) is 2.16. The molecule has 0 aliphatic heterocycles. The first kappa shape index (κ1) is 14.1. The second-order valence-electron chi connectivity index (χ2n) is 3.58. The minimum absolute atomic E-state index is 0.118. The van der Waals surface area contributed by atoms with Crippen molar-refractivity contribution in [1.82, 2.24) is 10.6 Å². The maximum absolute atomic E-state index is 9.46. The van der Waals surface area contributed by atoms with Crippen molar-refractivity contribution in [3.8, 4) is 0 Å². The molecule has 0 aliphatic rings. The maximum atomic E-state index is 9.46. The van der Waals surface area contributed by atoms with Gasteiger partial charge in [0.25, 0.3) is 0 Å². The molecule has 96 valence electrons. The molecule has 1 aromatic rings. The second kappa shape index (κ2) is 9.09. The number of rotatable bonds is 9. The summed E-state index contributed by atoms with van der Waals surface area (Å²) in [6, 6.07) is 9.67. The highest BCUT2D eigenvalue weighted by Crippen LogP contribution is 2.00. The molecule has 5 nitrogen and oxygen atoms in total. The topological polar surface area (TPSA) is 73.8 Å². The Kier molecular flexibility index (Phi) is 7.53. The highest BCUT2D eigenvalue weighted by molar-refractivity contribution is 5.13. The van der Waals surface area contributed by atoms with Crippen molar-refractivity contribution in [3.63, 3.8) is 0 Å². The quantitative estimate of drug-likeness (QED) is 0.351. The second-order valence-corrected chi connectivity index (χ2v) is 3.58. The Morgan fingerprint density at radius 1 is 1.12 bits per heavy atom. The molecule has 0 amide bonds. The van der Waals surface area contributed by atoms with E-state index in [1.807, 2.05) is 30.3 Å². The third kappa shape index (κ3) is 7.04. The van der Waals surface area contributed by atoms with Gasteiger partial charge in [-0.25, -0.2) is 0 Å². The van der Waals surface area contributed by atoms with Crippen molar-refractivity contribution in [1.29, 1.82) is 0 Å². The number of benzene rings is 1. The number of nitrogens with one attached hydrogen (secondary N) is 2. The first-order valence-electron chi connectivity index (χ1n) is 5.71. The zero-order valence-electron chi connectivity index (χ0n) is 9.80. The van der Waals surface area contributed by atoms with E-state index < -0.39 is 6.41 Å². The Morgan fingerprint density at radius 3 is 2.59 bits per heavy atom. The van der Waals surface area contributed by atoms with E-state index in [9.17, 15) is 5.11 Å². The zero-order valence-corrected chi connectivity index (χ0v) is 9.80. The standard InChI is InChI=1S/C12H20N2O3/c15-9-8-13-6-7-14-12(16)17-10-11-4-2-1-3-5-11/h1-5,12-16H,6-10H2. The summed E-state index contributed by atoms with van der Waals surface area (Å²) >= 11 is 0. The number of aliphatic hydroxyl groups excluding tert-OH is 2. The lowest BCUT2D eigenvalue weighted by molar-refractivity contribution is -0.128. The molecule has 5 heteroatoms. The van der Waals surface area contributed by atoms with E-state index in [-0.39, 0.29) is 6.61 Å². The van der Waals surface area contributed by atoms with Gasteiger partial charge in [-0.3, -0.25) is 5.32 Å². The Balaban J connectivity index is 2.03. The van der Waals surface area contributed by atoms with Crippen LogP contribution in [0.1, 0.15) is 5.56 Å². The molecule has 1 aromatic carbocycles. The largest absolute Gasteiger partial charge is 0.395 e. The first-order chi connectivity index (χ1) is 8.33. The summed E-state index contributed by atoms with van der Waals surface area (Å²) in [5.74, 6) is 0. The van der Waals surface area contributed by atoms with Gasteiger partial charge in [0.2, 0.25) is 6.41 Å². The fourth-order valence-electron chi connectivity index (χ4n) is 1.30. The van der Waals surface area contributed by atoms with Crippen molar-refractivity contribution in [2.24, 2.45) is 0 Å². The Hall–Kier alpha value is -0.980. The van der Waals surface area contributed by atoms with Crippen molar-refractivity contribution in [2.45, 2.75) is 13.0 Å². The number of hydrogen-bond donors (Lipinski definition) is 4. The van der Waals surface area contributed by atoms with Crippen LogP contribution in [-0.4, -0.2) is 42.9 Å². The predicted octanol–water partition coefficient (Wildman–Crippen LogP) is -0.349. The van der Waals surface area contributed by atoms with Crippen molar-refractivity contribution in [2.75, 3.05) is 26.2 Å². The minimum Gasteiger partial charge on any atom is -0.395 e. The summed E-state index contributed by atoms with van der Waals surface area (Å²) < 4.78 is 5.20. The summed E-state index contributed by atoms with van der Waals surface area (Å²) in [5.41, 5.74) is 1.02. The van der Waals surface area contributed by atoms with Gasteiger partial charge < -0.3 is 20.3 Å². The monoisotopic (exact) mass is 240 g/mol. The fraction of sp³-hybridized carbons (Fsp3) is 0.500. The zero-order chi connectivity index (χ0) is 12.3. The molecule has 1 rings (SSSR count). The number of ether oxygens (including phenoxy) is 1. The van der Waals surface area contributed by atoms with Crippen molar-refractivity contribution in [3.05, 3.63) is 35.9 Å². The van der Waals surface area contributed by atoms with Crippen LogP contribution in [0, 0.1) is 0 Å². The van der Waals surface area contributed by atoms with Crippen LogP contribution >= 0.6 is 0 Å². The van der Waals surface area contributed by atoms with Crippen LogP contribution in [0.5, 0.6) is 0 Å². The highest BCUT2D eigenvalue weighted by atomic mass is 16.6. The van der Waals surface area contributed by atoms with E-state index in [0.29, 0.717) is 26.2 Å². The highest BCUT2D eigenvalue weighted by Gasteiger charge is 2.02. The van der Waals surface area contributed by atoms with E-state index in [2.05, 4.69) is 10.6 Å². The molecule has 0 bridgehead atoms. The Bertz CT molecular complexity index is 282. The molecule has 1 atom stereocenters. The lowest BCUT2D eigenvalue weighted by Crippen LogP contribution is -2.37. The number of hydrogen-bond acceptors (Lipinski definition) is 5. The van der Waals surface area contributed by atoms with Gasteiger partial charge in [-0.15, -0.1) is 0 Å². The molecule has 0 aromatic heterocycles. The molecule has 0 saturated carbocycles. The Labute approximate surface area is 101 Å². The van der Waals surface area contributed by atoms with Gasteiger partial charge >= 0.3 is 0 Å². The summed E-state index contributed by atoms with van der Waals surface area (Å²) in [4.78, 5) is 0. The van der Waals surface area contributed by atoms with Crippen molar-refractivity contribution >= 4 is 0 Å². The Morgan fingerprint density at radius 2 is 1.88 bits per heavy atom. The van der Waals surface area contributed by atoms with Gasteiger partial charge in [0.1, 0.15) is 0 Å². The normalized spacial score (nSPS) is 12.6. The van der Waals surface area contributed by atoms with Crippen LogP contribution in [0.3, 0.4) is 0 Å². The van der Waals surface area contributed by atoms with Crippen LogP contribution in [-0.2, 0) is 11.3 Å². The summed E-state index contributed by atoms with van der Waals surface area (Å²) in [5, 5.41) is 23.8. The lowest BCUT2D eigenvalue weighted by Gasteiger charge is -2.13. The lowest BCUT2D eigenvalue weighted by atomic mass is 10.2. The molecule has 0 spiro atoms. The van der Waals surface area contributed by atoms with Crippen LogP contribution < -0.4 is 10.6 Å². The van der Waals surface area contributed by atoms with Crippen LogP contribution in [0.2, 0.25) is 0 Å². The third-order valence-electron chi connectivity index (χ3n) is 2.16. The predicted molar refractivity (Wildman–Crippen MR) is 65.2 cm³/mol. The molecule has 0 aliphatic carbocycles. The molecule has 0 fully saturated rings. The van der Waals surface area contributed by atoms with Gasteiger partial charge in [-0.1, -0.05) is 30.3 Å². The summed E-state index contributed by atoms with van der Waals surface area (Å²) in [6.45, 7) is 2.30. The SMILES string of the molecule is OCCNCCNC(O)OCc1ccccc1. The van der Waals surface area contributed by atoms with Gasteiger partial charge in [0.05, 0.1) is 13.2 Å². The van der Waals surface area contributed by atoms with E-state index in [4.69, 9.17) is 9.84 Å². The van der Waals surface area contributed by atoms with Gasteiger partial charge in [0, 0.05) is 19.6 Å². The van der Waals surface area contributed by atoms with Crippen LogP contribution in [0.4, 0.5) is 0 Å². The van der Waals surface area contributed by atoms with E-state index in [1.54, 1.807) is 0 Å². The summed E-state index contributed by atoms with van der Waals surface area (Å²) in [7, 11) is 0. The molecular weight excluding hydrogens is 220 g/mol. The van der Waals surface area contributed by atoms with Crippen LogP contribution in [0.15, 0.2) is 30.3 Å². The molecule has 0 radical (unpaired) electrons. The van der Waals surface area contributed by atoms with Gasteiger partial charge in [-0.2, -0.15) is 0 Å². The molecule has 0 heterocycles. The molecule has 0 saturated heterocycles. The number of aliphatic hydroxyl groups is 2. The van der Waals surface area contributed by atoms with Gasteiger partial charge in [0.15, 0.2) is 0 Å². The smallest absolute Gasteiger partial charge is 0.213 e. The first-order valence-corrected chi connectivity index (χ1v) is 5.71. The summed E-state index contributed by atoms with van der Waals surface area (Å²) in [6.07, 6.45) is -0.967. The molecule has 1 unspecified atom stereocenters. The van der Waals surface area contributed by atoms with Crippen molar-refractivity contribution < 1.29 is 14.9 Å². The maximum Gasteiger partial charge on any atom is 0.213 e. The average molecular weight is 240 g/mol. The fourth-order valence-corrected chi connectivity index (χ4v) is 1.30. The van der Waals surface area contributed by atoms with Gasteiger partial charge in [-0.05, 0) is 5.56 Å². The molecule has 17 heavy (non-hydrogen) atoms. The average Bonchev–Trinajstić information content (AvgIpc) is 2.37. The van der Waals surface area contributed by atoms with E-state index in [0.717, 1.165) is 5.56 Å². The van der Waals surface area contributed by atoms with Crippen LogP contribution in [0.25, 0.3) is 0 Å². The molecular formula is C12H20N2O3.